The molecular formula is C13H17NO3. The second-order valence-corrected chi connectivity index (χ2v) is 4.06. The van der Waals surface area contributed by atoms with Crippen molar-refractivity contribution < 1.29 is 14.3 Å². The van der Waals surface area contributed by atoms with Gasteiger partial charge in [0.05, 0.1) is 19.3 Å². The highest BCUT2D eigenvalue weighted by Crippen LogP contribution is 2.33. The average molecular weight is 235 g/mol. The van der Waals surface area contributed by atoms with Crippen LogP contribution in [0.3, 0.4) is 0 Å². The summed E-state index contributed by atoms with van der Waals surface area (Å²) in [7, 11) is 1.59. The molecule has 0 unspecified atom stereocenters. The van der Waals surface area contributed by atoms with Gasteiger partial charge in [0.1, 0.15) is 0 Å². The van der Waals surface area contributed by atoms with E-state index in [2.05, 4.69) is 4.99 Å². The summed E-state index contributed by atoms with van der Waals surface area (Å²) in [6.45, 7) is 6.14. The highest BCUT2D eigenvalue weighted by Gasteiger charge is 2.21. The summed E-state index contributed by atoms with van der Waals surface area (Å²) >= 11 is 0. The van der Waals surface area contributed by atoms with Gasteiger partial charge in [-0.25, -0.2) is 4.79 Å². The van der Waals surface area contributed by atoms with Crippen LogP contribution in [0.4, 0.5) is 0 Å². The minimum atomic E-state index is -0.611. The number of isocyanates is 1. The summed E-state index contributed by atoms with van der Waals surface area (Å²) in [4.78, 5) is 14.2. The molecule has 0 amide bonds. The first-order valence-corrected chi connectivity index (χ1v) is 5.45. The summed E-state index contributed by atoms with van der Waals surface area (Å²) in [5, 5.41) is 0. The van der Waals surface area contributed by atoms with Gasteiger partial charge in [-0.1, -0.05) is 6.07 Å². The largest absolute Gasteiger partial charge is 0.493 e. The molecule has 0 atom stereocenters. The zero-order valence-electron chi connectivity index (χ0n) is 10.6. The van der Waals surface area contributed by atoms with Crippen molar-refractivity contribution in [3.8, 4) is 11.5 Å². The van der Waals surface area contributed by atoms with Gasteiger partial charge in [-0.2, -0.15) is 4.99 Å². The number of benzene rings is 1. The maximum Gasteiger partial charge on any atom is 0.235 e. The Bertz CT molecular complexity index is 434. The summed E-state index contributed by atoms with van der Waals surface area (Å²) in [5.41, 5.74) is 0.268. The highest BCUT2D eigenvalue weighted by molar-refractivity contribution is 5.46. The van der Waals surface area contributed by atoms with Crippen LogP contribution in [0, 0.1) is 0 Å². The minimum Gasteiger partial charge on any atom is -0.493 e. The Balaban J connectivity index is 3.19. The van der Waals surface area contributed by atoms with E-state index in [1.54, 1.807) is 13.2 Å². The van der Waals surface area contributed by atoms with Crippen molar-refractivity contribution in [3.63, 3.8) is 0 Å². The number of nitrogens with zero attached hydrogens (tertiary/aromatic N) is 1. The van der Waals surface area contributed by atoms with Gasteiger partial charge in [-0.05, 0) is 38.5 Å². The molecule has 0 aliphatic carbocycles. The predicted octanol–water partition coefficient (Wildman–Crippen LogP) is 2.66. The zero-order chi connectivity index (χ0) is 12.9. The molecule has 0 saturated carbocycles. The molecule has 17 heavy (non-hydrogen) atoms. The average Bonchev–Trinajstić information content (AvgIpc) is 2.29. The molecule has 1 rings (SSSR count). The van der Waals surface area contributed by atoms with E-state index in [1.807, 2.05) is 39.0 Å². The quantitative estimate of drug-likeness (QED) is 0.582. The van der Waals surface area contributed by atoms with E-state index in [0.29, 0.717) is 18.1 Å². The van der Waals surface area contributed by atoms with Gasteiger partial charge < -0.3 is 9.47 Å². The zero-order valence-corrected chi connectivity index (χ0v) is 10.6. The Morgan fingerprint density at radius 1 is 1.35 bits per heavy atom. The van der Waals surface area contributed by atoms with Gasteiger partial charge in [0, 0.05) is 0 Å². The fraction of sp³-hybridized carbons (Fsp3) is 0.462. The lowest BCUT2D eigenvalue weighted by molar-refractivity contribution is 0.309. The topological polar surface area (TPSA) is 47.9 Å². The minimum absolute atomic E-state index is 0.553. The lowest BCUT2D eigenvalue weighted by Crippen LogP contribution is -2.13. The van der Waals surface area contributed by atoms with Crippen LogP contribution in [0.15, 0.2) is 23.2 Å². The van der Waals surface area contributed by atoms with Crippen molar-refractivity contribution in [1.82, 2.24) is 0 Å². The van der Waals surface area contributed by atoms with Crippen molar-refractivity contribution in [2.45, 2.75) is 26.3 Å². The van der Waals surface area contributed by atoms with Crippen LogP contribution in [-0.4, -0.2) is 19.8 Å². The monoisotopic (exact) mass is 235 g/mol. The molecule has 0 aliphatic heterocycles. The van der Waals surface area contributed by atoms with Crippen LogP contribution < -0.4 is 9.47 Å². The van der Waals surface area contributed by atoms with Crippen molar-refractivity contribution in [2.24, 2.45) is 4.99 Å². The van der Waals surface area contributed by atoms with E-state index in [0.717, 1.165) is 5.56 Å². The SMILES string of the molecule is CCOc1cc(C(C)(C)N=C=O)ccc1OC. The smallest absolute Gasteiger partial charge is 0.235 e. The predicted molar refractivity (Wildman–Crippen MR) is 65.3 cm³/mol. The first kappa shape index (κ1) is 13.3. The normalized spacial score (nSPS) is 10.6. The standard InChI is InChI=1S/C13H17NO3/c1-5-17-12-8-10(6-7-11(12)16-4)13(2,3)14-9-15/h6-8H,5H2,1-4H3. The third-order valence-corrected chi connectivity index (χ3v) is 2.50. The molecule has 1 aromatic rings. The van der Waals surface area contributed by atoms with Crippen molar-refractivity contribution in [3.05, 3.63) is 23.8 Å². The molecule has 0 radical (unpaired) electrons. The Labute approximate surface area is 101 Å². The third kappa shape index (κ3) is 3.08. The van der Waals surface area contributed by atoms with Crippen LogP contribution in [-0.2, 0) is 10.3 Å². The molecule has 0 aliphatic rings. The van der Waals surface area contributed by atoms with Gasteiger partial charge in [0.15, 0.2) is 11.5 Å². The van der Waals surface area contributed by atoms with Crippen molar-refractivity contribution in [2.75, 3.05) is 13.7 Å². The van der Waals surface area contributed by atoms with Gasteiger partial charge in [0.25, 0.3) is 0 Å². The van der Waals surface area contributed by atoms with Crippen molar-refractivity contribution >= 4 is 6.08 Å². The number of hydrogen-bond donors (Lipinski definition) is 0. The molecule has 0 heterocycles. The molecule has 0 bridgehead atoms. The molecule has 0 fully saturated rings. The second-order valence-electron chi connectivity index (χ2n) is 4.06. The first-order valence-electron chi connectivity index (χ1n) is 5.45. The van der Waals surface area contributed by atoms with Gasteiger partial charge in [-0.15, -0.1) is 0 Å². The molecule has 0 saturated heterocycles. The number of rotatable bonds is 5. The molecule has 0 spiro atoms. The fourth-order valence-corrected chi connectivity index (χ4v) is 1.50. The summed E-state index contributed by atoms with van der Waals surface area (Å²) in [5.74, 6) is 1.32. The first-order chi connectivity index (χ1) is 8.05. The highest BCUT2D eigenvalue weighted by atomic mass is 16.5. The number of ether oxygens (including phenoxy) is 2. The Morgan fingerprint density at radius 2 is 2.06 bits per heavy atom. The molecule has 0 aromatic heterocycles. The van der Waals surface area contributed by atoms with Gasteiger partial charge in [-0.3, -0.25) is 0 Å². The second kappa shape index (κ2) is 5.51. The molecular weight excluding hydrogens is 218 g/mol. The van der Waals surface area contributed by atoms with Crippen LogP contribution in [0.5, 0.6) is 11.5 Å². The third-order valence-electron chi connectivity index (χ3n) is 2.50. The maximum absolute atomic E-state index is 10.4. The van der Waals surface area contributed by atoms with E-state index >= 15 is 0 Å². The van der Waals surface area contributed by atoms with E-state index in [-0.39, 0.29) is 0 Å². The van der Waals surface area contributed by atoms with E-state index in [4.69, 9.17) is 9.47 Å². The fourth-order valence-electron chi connectivity index (χ4n) is 1.50. The van der Waals surface area contributed by atoms with Gasteiger partial charge >= 0.3 is 0 Å². The molecule has 1 aromatic carbocycles. The lowest BCUT2D eigenvalue weighted by Gasteiger charge is -2.20. The number of hydrogen-bond acceptors (Lipinski definition) is 4. The summed E-state index contributed by atoms with van der Waals surface area (Å²) in [6, 6.07) is 5.51. The van der Waals surface area contributed by atoms with E-state index in [9.17, 15) is 4.79 Å². The number of methoxy groups -OCH3 is 1. The molecule has 4 heteroatoms. The Hall–Kier alpha value is -1.80. The summed E-state index contributed by atoms with van der Waals surface area (Å²) in [6.07, 6.45) is 1.59. The van der Waals surface area contributed by atoms with E-state index in [1.165, 1.54) is 0 Å². The van der Waals surface area contributed by atoms with Crippen LogP contribution in [0.1, 0.15) is 26.3 Å². The Kier molecular flexibility index (Phi) is 4.30. The van der Waals surface area contributed by atoms with Crippen LogP contribution in [0.2, 0.25) is 0 Å². The van der Waals surface area contributed by atoms with Crippen molar-refractivity contribution in [1.29, 1.82) is 0 Å². The maximum atomic E-state index is 10.4. The van der Waals surface area contributed by atoms with Gasteiger partial charge in [0.2, 0.25) is 6.08 Å². The van der Waals surface area contributed by atoms with Crippen LogP contribution >= 0.6 is 0 Å². The van der Waals surface area contributed by atoms with Crippen LogP contribution in [0.25, 0.3) is 0 Å². The number of carbonyl (C=O) groups excluding carboxylic acids is 1. The molecule has 4 nitrogen and oxygen atoms in total. The summed E-state index contributed by atoms with van der Waals surface area (Å²) < 4.78 is 10.7. The lowest BCUT2D eigenvalue weighted by atomic mass is 9.95. The number of aliphatic imine (C=N–C) groups is 1. The molecule has 0 N–H and O–H groups in total. The Morgan fingerprint density at radius 3 is 2.59 bits per heavy atom. The van der Waals surface area contributed by atoms with E-state index < -0.39 is 5.54 Å². The molecule has 92 valence electrons.